The molecule has 0 aliphatic heterocycles. The summed E-state index contributed by atoms with van der Waals surface area (Å²) < 4.78 is 7.64. The Morgan fingerprint density at radius 1 is 1.38 bits per heavy atom. The molecule has 0 radical (unpaired) electrons. The van der Waals surface area contributed by atoms with E-state index < -0.39 is 0 Å². The van der Waals surface area contributed by atoms with Crippen LogP contribution in [0.5, 0.6) is 5.75 Å². The molecule has 4 nitrogen and oxygen atoms in total. The highest BCUT2D eigenvalue weighted by molar-refractivity contribution is 7.80. The van der Waals surface area contributed by atoms with Gasteiger partial charge in [-0.2, -0.15) is 5.10 Å². The Labute approximate surface area is 134 Å². The molecule has 0 spiro atoms. The molecular formula is C15H18ClN3OS. The van der Waals surface area contributed by atoms with Crippen molar-refractivity contribution in [2.45, 2.75) is 33.4 Å². The molecule has 0 unspecified atom stereocenters. The third-order valence-electron chi connectivity index (χ3n) is 3.13. The van der Waals surface area contributed by atoms with Crippen molar-refractivity contribution in [3.63, 3.8) is 0 Å². The number of aromatic nitrogens is 2. The third kappa shape index (κ3) is 3.95. The number of halogens is 1. The minimum atomic E-state index is 0.391. The fraction of sp³-hybridized carbons (Fsp3) is 0.333. The minimum absolute atomic E-state index is 0.391. The van der Waals surface area contributed by atoms with Gasteiger partial charge in [-0.25, -0.2) is 0 Å². The number of nitrogens with zero attached hydrogens (tertiary/aromatic N) is 2. The zero-order valence-corrected chi connectivity index (χ0v) is 13.7. The molecule has 1 aromatic carbocycles. The third-order valence-corrected chi connectivity index (χ3v) is 3.77. The second-order valence-corrected chi connectivity index (χ2v) is 5.64. The molecule has 2 N–H and O–H groups in total. The quantitative estimate of drug-likeness (QED) is 0.829. The SMILES string of the molecule is CCn1nc(C)c(Cl)c1COc1ccc(CC(N)=S)cc1. The summed E-state index contributed by atoms with van der Waals surface area (Å²) in [5, 5.41) is 5.03. The predicted octanol–water partition coefficient (Wildman–Crippen LogP) is 3.27. The summed E-state index contributed by atoms with van der Waals surface area (Å²) in [5.41, 5.74) is 8.31. The number of hydrogen-bond acceptors (Lipinski definition) is 3. The van der Waals surface area contributed by atoms with Crippen LogP contribution in [0.15, 0.2) is 24.3 Å². The summed E-state index contributed by atoms with van der Waals surface area (Å²) in [4.78, 5) is 0.484. The molecule has 0 amide bonds. The van der Waals surface area contributed by atoms with E-state index in [1.54, 1.807) is 0 Å². The summed E-state index contributed by atoms with van der Waals surface area (Å²) in [6, 6.07) is 7.72. The molecule has 6 heteroatoms. The van der Waals surface area contributed by atoms with Crippen molar-refractivity contribution in [2.75, 3.05) is 0 Å². The van der Waals surface area contributed by atoms with E-state index in [-0.39, 0.29) is 0 Å². The molecule has 0 fully saturated rings. The van der Waals surface area contributed by atoms with Crippen LogP contribution >= 0.6 is 23.8 Å². The molecule has 1 heterocycles. The standard InChI is InChI=1S/C15H18ClN3OS/c1-3-19-13(15(16)10(2)18-19)9-20-12-6-4-11(5-7-12)8-14(17)21/h4-7H,3,8-9H2,1-2H3,(H2,17,21). The molecule has 2 rings (SSSR count). The molecule has 0 saturated heterocycles. The van der Waals surface area contributed by atoms with Gasteiger partial charge in [-0.15, -0.1) is 0 Å². The first kappa shape index (κ1) is 15.8. The molecule has 21 heavy (non-hydrogen) atoms. The lowest BCUT2D eigenvalue weighted by Crippen LogP contribution is -2.10. The lowest BCUT2D eigenvalue weighted by atomic mass is 10.1. The van der Waals surface area contributed by atoms with Crippen LogP contribution in [0.4, 0.5) is 0 Å². The van der Waals surface area contributed by atoms with E-state index in [1.165, 1.54) is 0 Å². The Morgan fingerprint density at radius 2 is 2.05 bits per heavy atom. The molecule has 0 bridgehead atoms. The van der Waals surface area contributed by atoms with Gasteiger partial charge in [0.2, 0.25) is 0 Å². The highest BCUT2D eigenvalue weighted by Crippen LogP contribution is 2.22. The molecule has 0 saturated carbocycles. The molecule has 1 aromatic heterocycles. The highest BCUT2D eigenvalue weighted by Gasteiger charge is 2.12. The summed E-state index contributed by atoms with van der Waals surface area (Å²) >= 11 is 11.1. The van der Waals surface area contributed by atoms with E-state index >= 15 is 0 Å². The Morgan fingerprint density at radius 3 is 2.62 bits per heavy atom. The van der Waals surface area contributed by atoms with Crippen molar-refractivity contribution in [1.29, 1.82) is 0 Å². The van der Waals surface area contributed by atoms with E-state index in [2.05, 4.69) is 5.10 Å². The maximum Gasteiger partial charge on any atom is 0.131 e. The first-order valence-electron chi connectivity index (χ1n) is 6.73. The summed E-state index contributed by atoms with van der Waals surface area (Å²) in [6.07, 6.45) is 0.600. The lowest BCUT2D eigenvalue weighted by Gasteiger charge is -2.09. The monoisotopic (exact) mass is 323 g/mol. The van der Waals surface area contributed by atoms with E-state index in [4.69, 9.17) is 34.3 Å². The largest absolute Gasteiger partial charge is 0.487 e. The van der Waals surface area contributed by atoms with Gasteiger partial charge in [-0.3, -0.25) is 4.68 Å². The number of ether oxygens (including phenoxy) is 1. The average molecular weight is 324 g/mol. The summed E-state index contributed by atoms with van der Waals surface area (Å²) in [5.74, 6) is 0.777. The van der Waals surface area contributed by atoms with Crippen molar-refractivity contribution in [3.05, 3.63) is 46.2 Å². The zero-order valence-electron chi connectivity index (χ0n) is 12.1. The van der Waals surface area contributed by atoms with Crippen molar-refractivity contribution < 1.29 is 4.74 Å². The van der Waals surface area contributed by atoms with Crippen LogP contribution in [0.2, 0.25) is 5.02 Å². The molecule has 2 aromatic rings. The van der Waals surface area contributed by atoms with Gasteiger partial charge < -0.3 is 10.5 Å². The van der Waals surface area contributed by atoms with Gasteiger partial charge in [0.1, 0.15) is 12.4 Å². The maximum absolute atomic E-state index is 6.25. The summed E-state index contributed by atoms with van der Waals surface area (Å²) in [7, 11) is 0. The Kier molecular flexibility index (Phi) is 5.20. The summed E-state index contributed by atoms with van der Waals surface area (Å²) in [6.45, 7) is 5.07. The predicted molar refractivity (Wildman–Crippen MR) is 88.9 cm³/mol. The van der Waals surface area contributed by atoms with Gasteiger partial charge >= 0.3 is 0 Å². The number of thiocarbonyl (C=S) groups is 1. The second-order valence-electron chi connectivity index (χ2n) is 4.74. The Hall–Kier alpha value is -1.59. The first-order chi connectivity index (χ1) is 10.0. The van der Waals surface area contributed by atoms with Crippen LogP contribution < -0.4 is 10.5 Å². The Balaban J connectivity index is 2.05. The van der Waals surface area contributed by atoms with Gasteiger partial charge in [0.25, 0.3) is 0 Å². The average Bonchev–Trinajstić information content (AvgIpc) is 2.73. The lowest BCUT2D eigenvalue weighted by molar-refractivity contribution is 0.292. The first-order valence-corrected chi connectivity index (χ1v) is 7.51. The number of benzene rings is 1. The van der Waals surface area contributed by atoms with Crippen LogP contribution in [0.25, 0.3) is 0 Å². The van der Waals surface area contributed by atoms with Crippen molar-refractivity contribution in [1.82, 2.24) is 9.78 Å². The van der Waals surface area contributed by atoms with Crippen LogP contribution in [-0.4, -0.2) is 14.8 Å². The fourth-order valence-electron chi connectivity index (χ4n) is 2.06. The number of nitrogens with two attached hydrogens (primary N) is 1. The molecule has 112 valence electrons. The zero-order chi connectivity index (χ0) is 15.4. The normalized spacial score (nSPS) is 10.6. The van der Waals surface area contributed by atoms with E-state index in [0.29, 0.717) is 23.0 Å². The smallest absolute Gasteiger partial charge is 0.131 e. The highest BCUT2D eigenvalue weighted by atomic mass is 35.5. The van der Waals surface area contributed by atoms with Crippen molar-refractivity contribution >= 4 is 28.8 Å². The van der Waals surface area contributed by atoms with Crippen LogP contribution in [0, 0.1) is 6.92 Å². The van der Waals surface area contributed by atoms with E-state index in [0.717, 1.165) is 29.2 Å². The Bertz CT molecular complexity index is 637. The number of rotatable bonds is 6. The van der Waals surface area contributed by atoms with Crippen molar-refractivity contribution in [3.8, 4) is 5.75 Å². The van der Waals surface area contributed by atoms with Gasteiger partial charge in [-0.05, 0) is 31.5 Å². The molecule has 0 atom stereocenters. The van der Waals surface area contributed by atoms with E-state index in [1.807, 2.05) is 42.8 Å². The minimum Gasteiger partial charge on any atom is -0.487 e. The number of hydrogen-bond donors (Lipinski definition) is 1. The molecular weight excluding hydrogens is 306 g/mol. The van der Waals surface area contributed by atoms with Gasteiger partial charge in [0, 0.05) is 13.0 Å². The van der Waals surface area contributed by atoms with E-state index in [9.17, 15) is 0 Å². The van der Waals surface area contributed by atoms with Crippen LogP contribution in [-0.2, 0) is 19.6 Å². The second kappa shape index (κ2) is 6.91. The fourth-order valence-corrected chi connectivity index (χ4v) is 2.42. The molecule has 0 aliphatic rings. The van der Waals surface area contributed by atoms with Crippen LogP contribution in [0.3, 0.4) is 0 Å². The van der Waals surface area contributed by atoms with Crippen molar-refractivity contribution in [2.24, 2.45) is 5.73 Å². The van der Waals surface area contributed by atoms with Gasteiger partial charge in [0.05, 0.1) is 21.4 Å². The molecule has 0 aliphatic carbocycles. The van der Waals surface area contributed by atoms with Gasteiger partial charge in [-0.1, -0.05) is 36.0 Å². The van der Waals surface area contributed by atoms with Crippen LogP contribution in [0.1, 0.15) is 23.9 Å². The van der Waals surface area contributed by atoms with Gasteiger partial charge in [0.15, 0.2) is 0 Å². The topological polar surface area (TPSA) is 53.1 Å². The number of aryl methyl sites for hydroxylation is 2. The maximum atomic E-state index is 6.25.